The lowest BCUT2D eigenvalue weighted by atomic mass is 10.1. The van der Waals surface area contributed by atoms with Crippen molar-refractivity contribution in [3.05, 3.63) is 48.0 Å². The largest absolute Gasteiger partial charge is 0.456 e. The molecule has 0 aliphatic carbocycles. The number of nitrogens with two attached hydrogens (primary N) is 1. The van der Waals surface area contributed by atoms with Crippen molar-refractivity contribution in [1.82, 2.24) is 0 Å². The second-order valence-corrected chi connectivity index (χ2v) is 4.14. The maximum Gasteiger partial charge on any atom is 0.135 e. The van der Waals surface area contributed by atoms with Crippen molar-refractivity contribution in [3.63, 3.8) is 0 Å². The second kappa shape index (κ2) is 3.35. The summed E-state index contributed by atoms with van der Waals surface area (Å²) in [6.07, 6.45) is 0. The second-order valence-electron chi connectivity index (χ2n) is 4.14. The highest BCUT2D eigenvalue weighted by molar-refractivity contribution is 6.04. The van der Waals surface area contributed by atoms with E-state index in [2.05, 4.69) is 18.2 Å². The lowest BCUT2D eigenvalue weighted by Crippen LogP contribution is -2.04. The van der Waals surface area contributed by atoms with Gasteiger partial charge in [-0.25, -0.2) is 0 Å². The summed E-state index contributed by atoms with van der Waals surface area (Å²) in [5.41, 5.74) is 8.80. The summed E-state index contributed by atoms with van der Waals surface area (Å²) in [5, 5.41) is 2.31. The number of fused-ring (bicyclic) bond motifs is 3. The Morgan fingerprint density at radius 3 is 2.56 bits per heavy atom. The van der Waals surface area contributed by atoms with Crippen molar-refractivity contribution in [3.8, 4) is 0 Å². The van der Waals surface area contributed by atoms with Gasteiger partial charge in [0.2, 0.25) is 0 Å². The summed E-state index contributed by atoms with van der Waals surface area (Å²) in [4.78, 5) is 0. The number of furan rings is 1. The van der Waals surface area contributed by atoms with Crippen LogP contribution in [0.15, 0.2) is 46.9 Å². The van der Waals surface area contributed by atoms with E-state index in [0.29, 0.717) is 0 Å². The number of benzene rings is 2. The maximum atomic E-state index is 5.86. The molecule has 3 aromatic rings. The molecular formula is C14H13NO. The van der Waals surface area contributed by atoms with Gasteiger partial charge in [-0.05, 0) is 24.6 Å². The van der Waals surface area contributed by atoms with Crippen LogP contribution >= 0.6 is 0 Å². The molecule has 0 amide bonds. The lowest BCUT2D eigenvalue weighted by molar-refractivity contribution is 0.667. The first-order valence-electron chi connectivity index (χ1n) is 5.42. The summed E-state index contributed by atoms with van der Waals surface area (Å²) in [5.74, 6) is 0. The first-order chi connectivity index (χ1) is 7.75. The van der Waals surface area contributed by atoms with Gasteiger partial charge in [0.25, 0.3) is 0 Å². The third kappa shape index (κ3) is 1.31. The van der Waals surface area contributed by atoms with Gasteiger partial charge >= 0.3 is 0 Å². The van der Waals surface area contributed by atoms with Gasteiger partial charge in [-0.1, -0.05) is 30.3 Å². The average molecular weight is 211 g/mol. The fraction of sp³-hybridized carbons (Fsp3) is 0.143. The van der Waals surface area contributed by atoms with Crippen molar-refractivity contribution in [2.45, 2.75) is 13.0 Å². The Hall–Kier alpha value is -1.80. The van der Waals surface area contributed by atoms with Gasteiger partial charge in [0.1, 0.15) is 11.2 Å². The summed E-state index contributed by atoms with van der Waals surface area (Å²) in [6, 6.07) is 14.3. The van der Waals surface area contributed by atoms with Gasteiger partial charge in [-0.15, -0.1) is 0 Å². The van der Waals surface area contributed by atoms with Crippen LogP contribution < -0.4 is 5.73 Å². The monoisotopic (exact) mass is 211 g/mol. The van der Waals surface area contributed by atoms with Crippen molar-refractivity contribution >= 4 is 21.9 Å². The van der Waals surface area contributed by atoms with Crippen LogP contribution in [-0.2, 0) is 0 Å². The Morgan fingerprint density at radius 2 is 1.75 bits per heavy atom. The molecule has 0 saturated carbocycles. The number of para-hydroxylation sites is 1. The van der Waals surface area contributed by atoms with Crippen LogP contribution in [-0.4, -0.2) is 0 Å². The summed E-state index contributed by atoms with van der Waals surface area (Å²) >= 11 is 0. The number of hydrogen-bond donors (Lipinski definition) is 1. The van der Waals surface area contributed by atoms with Crippen LogP contribution in [0.4, 0.5) is 0 Å². The summed E-state index contributed by atoms with van der Waals surface area (Å²) in [7, 11) is 0. The third-order valence-electron chi connectivity index (χ3n) is 2.93. The van der Waals surface area contributed by atoms with E-state index >= 15 is 0 Å². The van der Waals surface area contributed by atoms with E-state index in [4.69, 9.17) is 10.2 Å². The van der Waals surface area contributed by atoms with Crippen LogP contribution in [0.5, 0.6) is 0 Å². The molecule has 2 aromatic carbocycles. The van der Waals surface area contributed by atoms with Gasteiger partial charge in [-0.3, -0.25) is 0 Å². The predicted molar refractivity (Wildman–Crippen MR) is 66.3 cm³/mol. The average Bonchev–Trinajstić information content (AvgIpc) is 2.66. The molecule has 2 N–H and O–H groups in total. The molecular weight excluding hydrogens is 198 g/mol. The topological polar surface area (TPSA) is 39.2 Å². The Labute approximate surface area is 93.7 Å². The highest BCUT2D eigenvalue weighted by atomic mass is 16.3. The van der Waals surface area contributed by atoms with Crippen LogP contribution in [0.1, 0.15) is 18.5 Å². The third-order valence-corrected chi connectivity index (χ3v) is 2.93. The van der Waals surface area contributed by atoms with Gasteiger partial charge in [0, 0.05) is 16.8 Å². The molecule has 0 unspecified atom stereocenters. The van der Waals surface area contributed by atoms with Gasteiger partial charge in [0.05, 0.1) is 0 Å². The van der Waals surface area contributed by atoms with Gasteiger partial charge in [0.15, 0.2) is 0 Å². The van der Waals surface area contributed by atoms with E-state index < -0.39 is 0 Å². The van der Waals surface area contributed by atoms with Crippen LogP contribution in [0.25, 0.3) is 21.9 Å². The molecule has 0 fully saturated rings. The Balaban J connectivity index is 2.37. The molecule has 0 spiro atoms. The first-order valence-corrected chi connectivity index (χ1v) is 5.42. The molecule has 80 valence electrons. The summed E-state index contributed by atoms with van der Waals surface area (Å²) < 4.78 is 5.79. The summed E-state index contributed by atoms with van der Waals surface area (Å²) in [6.45, 7) is 1.98. The van der Waals surface area contributed by atoms with Crippen molar-refractivity contribution < 1.29 is 4.42 Å². The van der Waals surface area contributed by atoms with Crippen LogP contribution in [0, 0.1) is 0 Å². The molecule has 16 heavy (non-hydrogen) atoms. The predicted octanol–water partition coefficient (Wildman–Crippen LogP) is 3.61. The minimum Gasteiger partial charge on any atom is -0.456 e. The number of rotatable bonds is 1. The Morgan fingerprint density at radius 1 is 1.00 bits per heavy atom. The minimum atomic E-state index is 0.0395. The van der Waals surface area contributed by atoms with E-state index in [9.17, 15) is 0 Å². The zero-order valence-electron chi connectivity index (χ0n) is 9.10. The Kier molecular flexibility index (Phi) is 1.98. The van der Waals surface area contributed by atoms with E-state index in [-0.39, 0.29) is 6.04 Å². The highest BCUT2D eigenvalue weighted by Gasteiger charge is 2.07. The van der Waals surface area contributed by atoms with Crippen molar-refractivity contribution in [2.24, 2.45) is 5.73 Å². The molecule has 0 aliphatic heterocycles. The van der Waals surface area contributed by atoms with E-state index in [1.807, 2.05) is 31.2 Å². The molecule has 2 heteroatoms. The van der Waals surface area contributed by atoms with E-state index in [1.165, 1.54) is 0 Å². The van der Waals surface area contributed by atoms with E-state index in [1.54, 1.807) is 0 Å². The lowest BCUT2D eigenvalue weighted by Gasteiger charge is -2.03. The normalized spacial score (nSPS) is 13.4. The number of hydrogen-bond acceptors (Lipinski definition) is 2. The van der Waals surface area contributed by atoms with Gasteiger partial charge in [-0.2, -0.15) is 0 Å². The molecule has 2 nitrogen and oxygen atoms in total. The molecule has 0 radical (unpaired) electrons. The van der Waals surface area contributed by atoms with Crippen LogP contribution in [0.3, 0.4) is 0 Å². The minimum absolute atomic E-state index is 0.0395. The molecule has 3 rings (SSSR count). The fourth-order valence-electron chi connectivity index (χ4n) is 2.03. The fourth-order valence-corrected chi connectivity index (χ4v) is 2.03. The SMILES string of the molecule is C[C@@H](N)c1ccc2c(c1)oc1ccccc12. The first kappa shape index (κ1) is 9.43. The van der Waals surface area contributed by atoms with Crippen molar-refractivity contribution in [1.29, 1.82) is 0 Å². The quantitative estimate of drug-likeness (QED) is 0.667. The standard InChI is InChI=1S/C14H13NO/c1-9(15)10-6-7-12-11-4-2-3-5-13(11)16-14(12)8-10/h2-9H,15H2,1H3/t9-/m1/s1. The molecule has 1 heterocycles. The van der Waals surface area contributed by atoms with Gasteiger partial charge < -0.3 is 10.2 Å². The van der Waals surface area contributed by atoms with E-state index in [0.717, 1.165) is 27.5 Å². The molecule has 0 bridgehead atoms. The Bertz CT molecular complexity index is 652. The van der Waals surface area contributed by atoms with Crippen molar-refractivity contribution in [2.75, 3.05) is 0 Å². The van der Waals surface area contributed by atoms with Crippen LogP contribution in [0.2, 0.25) is 0 Å². The molecule has 1 aromatic heterocycles. The molecule has 0 aliphatic rings. The zero-order valence-corrected chi connectivity index (χ0v) is 9.10. The zero-order chi connectivity index (χ0) is 11.1. The molecule has 0 saturated heterocycles. The maximum absolute atomic E-state index is 5.86. The smallest absolute Gasteiger partial charge is 0.135 e. The highest BCUT2D eigenvalue weighted by Crippen LogP contribution is 2.29. The molecule has 1 atom stereocenters.